The fourth-order valence-corrected chi connectivity index (χ4v) is 2.29. The van der Waals surface area contributed by atoms with E-state index >= 15 is 0 Å². The van der Waals surface area contributed by atoms with Crippen molar-refractivity contribution in [3.63, 3.8) is 0 Å². The molecule has 0 aromatic rings. The van der Waals surface area contributed by atoms with Gasteiger partial charge in [0.05, 0.1) is 6.54 Å². The lowest BCUT2D eigenvalue weighted by Gasteiger charge is -2.16. The molecule has 0 saturated heterocycles. The fraction of sp³-hybridized carbons (Fsp3) is 1.00. The zero-order chi connectivity index (χ0) is 12.7. The van der Waals surface area contributed by atoms with Crippen molar-refractivity contribution in [1.82, 2.24) is 10.6 Å². The molecule has 0 radical (unpaired) electrons. The number of alkyl halides is 3. The number of hydrogen-bond acceptors (Lipinski definition) is 2. The van der Waals surface area contributed by atoms with Crippen LogP contribution in [0.1, 0.15) is 39.0 Å². The summed E-state index contributed by atoms with van der Waals surface area (Å²) < 4.78 is 35.6. The Labute approximate surface area is 101 Å². The van der Waals surface area contributed by atoms with E-state index in [-0.39, 0.29) is 0 Å². The first-order valence-corrected chi connectivity index (χ1v) is 6.48. The van der Waals surface area contributed by atoms with Gasteiger partial charge in [-0.3, -0.25) is 0 Å². The summed E-state index contributed by atoms with van der Waals surface area (Å²) in [5, 5.41) is 5.74. The van der Waals surface area contributed by atoms with E-state index in [1.165, 1.54) is 19.3 Å². The number of hydrogen-bond donors (Lipinski definition) is 2. The van der Waals surface area contributed by atoms with Gasteiger partial charge in [0.2, 0.25) is 0 Å². The van der Waals surface area contributed by atoms with E-state index in [4.69, 9.17) is 0 Å². The molecule has 0 aromatic heterocycles. The molecule has 1 aliphatic rings. The van der Waals surface area contributed by atoms with Gasteiger partial charge in [-0.2, -0.15) is 13.2 Å². The quantitative estimate of drug-likeness (QED) is 0.580. The highest BCUT2D eigenvalue weighted by Crippen LogP contribution is 2.22. The lowest BCUT2D eigenvalue weighted by atomic mass is 10.0. The van der Waals surface area contributed by atoms with Crippen molar-refractivity contribution in [2.24, 2.45) is 5.92 Å². The van der Waals surface area contributed by atoms with Crippen LogP contribution in [0.15, 0.2) is 0 Å². The van der Waals surface area contributed by atoms with Crippen molar-refractivity contribution >= 4 is 0 Å². The predicted octanol–water partition coefficient (Wildman–Crippen LogP) is 2.70. The van der Waals surface area contributed by atoms with Gasteiger partial charge in [-0.25, -0.2) is 0 Å². The van der Waals surface area contributed by atoms with E-state index in [1.54, 1.807) is 0 Å². The third-order valence-electron chi connectivity index (χ3n) is 3.32. The molecule has 0 spiro atoms. The lowest BCUT2D eigenvalue weighted by molar-refractivity contribution is -0.124. The maximum absolute atomic E-state index is 11.9. The molecule has 2 atom stereocenters. The van der Waals surface area contributed by atoms with Crippen molar-refractivity contribution in [1.29, 1.82) is 0 Å². The molecule has 102 valence electrons. The van der Waals surface area contributed by atoms with Crippen LogP contribution < -0.4 is 10.6 Å². The average molecular weight is 252 g/mol. The van der Waals surface area contributed by atoms with Gasteiger partial charge in [0, 0.05) is 19.1 Å². The van der Waals surface area contributed by atoms with Crippen molar-refractivity contribution in [2.45, 2.75) is 51.2 Å². The smallest absolute Gasteiger partial charge is 0.313 e. The second-order valence-corrected chi connectivity index (χ2v) is 5.06. The Hall–Kier alpha value is -0.290. The topological polar surface area (TPSA) is 24.1 Å². The molecule has 0 aliphatic heterocycles. The standard InChI is InChI=1S/C12H23F3N2/c1-10-3-2-4-11(6-5-10)17-8-7-16-9-12(13,14)15/h10-11,16-17H,2-9H2,1H3. The third-order valence-corrected chi connectivity index (χ3v) is 3.32. The van der Waals surface area contributed by atoms with E-state index in [9.17, 15) is 13.2 Å². The molecular formula is C12H23F3N2. The van der Waals surface area contributed by atoms with E-state index < -0.39 is 12.7 Å². The van der Waals surface area contributed by atoms with Gasteiger partial charge in [0.1, 0.15) is 0 Å². The van der Waals surface area contributed by atoms with E-state index in [2.05, 4.69) is 17.6 Å². The van der Waals surface area contributed by atoms with Crippen molar-refractivity contribution in [3.8, 4) is 0 Å². The van der Waals surface area contributed by atoms with Gasteiger partial charge in [0.25, 0.3) is 0 Å². The Kier molecular flexibility index (Phi) is 6.27. The zero-order valence-electron chi connectivity index (χ0n) is 10.4. The highest BCUT2D eigenvalue weighted by atomic mass is 19.4. The Balaban J connectivity index is 2.02. The van der Waals surface area contributed by atoms with Crippen LogP contribution in [0.3, 0.4) is 0 Å². The van der Waals surface area contributed by atoms with Crippen LogP contribution in [0.4, 0.5) is 13.2 Å². The molecule has 0 bridgehead atoms. The number of nitrogens with one attached hydrogen (secondary N) is 2. The number of rotatable bonds is 5. The molecule has 1 saturated carbocycles. The van der Waals surface area contributed by atoms with Gasteiger partial charge in [0.15, 0.2) is 0 Å². The average Bonchev–Trinajstić information content (AvgIpc) is 2.41. The first-order valence-electron chi connectivity index (χ1n) is 6.48. The third kappa shape index (κ3) is 7.60. The molecule has 2 N–H and O–H groups in total. The van der Waals surface area contributed by atoms with Gasteiger partial charge >= 0.3 is 6.18 Å². The van der Waals surface area contributed by atoms with Crippen LogP contribution in [0, 0.1) is 5.92 Å². The predicted molar refractivity (Wildman–Crippen MR) is 63.0 cm³/mol. The highest BCUT2D eigenvalue weighted by Gasteiger charge is 2.25. The van der Waals surface area contributed by atoms with E-state index in [0.29, 0.717) is 19.1 Å². The van der Waals surface area contributed by atoms with Crippen LogP contribution in [0.5, 0.6) is 0 Å². The Morgan fingerprint density at radius 2 is 1.82 bits per heavy atom. The molecule has 5 heteroatoms. The van der Waals surface area contributed by atoms with Gasteiger partial charge < -0.3 is 10.6 Å². The lowest BCUT2D eigenvalue weighted by Crippen LogP contribution is -2.37. The normalized spacial score (nSPS) is 26.8. The Morgan fingerprint density at radius 3 is 2.53 bits per heavy atom. The molecule has 0 amide bonds. The fourth-order valence-electron chi connectivity index (χ4n) is 2.29. The summed E-state index contributed by atoms with van der Waals surface area (Å²) in [6, 6.07) is 0.493. The highest BCUT2D eigenvalue weighted by molar-refractivity contribution is 4.73. The SMILES string of the molecule is CC1CCCC(NCCNCC(F)(F)F)CC1. The van der Waals surface area contributed by atoms with Crippen LogP contribution in [-0.4, -0.2) is 31.9 Å². The summed E-state index contributed by atoms with van der Waals surface area (Å²) in [6.45, 7) is 2.38. The van der Waals surface area contributed by atoms with E-state index in [0.717, 1.165) is 18.8 Å². The summed E-state index contributed by atoms with van der Waals surface area (Å²) in [7, 11) is 0. The molecule has 0 aromatic carbocycles. The minimum Gasteiger partial charge on any atom is -0.313 e. The van der Waals surface area contributed by atoms with Crippen LogP contribution in [0.2, 0.25) is 0 Å². The van der Waals surface area contributed by atoms with Crippen LogP contribution >= 0.6 is 0 Å². The maximum Gasteiger partial charge on any atom is 0.401 e. The summed E-state index contributed by atoms with van der Waals surface area (Å²) in [4.78, 5) is 0. The van der Waals surface area contributed by atoms with Crippen molar-refractivity contribution in [2.75, 3.05) is 19.6 Å². The van der Waals surface area contributed by atoms with Crippen molar-refractivity contribution in [3.05, 3.63) is 0 Å². The largest absolute Gasteiger partial charge is 0.401 e. The summed E-state index contributed by atoms with van der Waals surface area (Å²) in [5.41, 5.74) is 0. The van der Waals surface area contributed by atoms with Crippen LogP contribution in [-0.2, 0) is 0 Å². The second kappa shape index (κ2) is 7.21. The number of halogens is 3. The summed E-state index contributed by atoms with van der Waals surface area (Å²) >= 11 is 0. The molecule has 17 heavy (non-hydrogen) atoms. The molecular weight excluding hydrogens is 229 g/mol. The zero-order valence-corrected chi connectivity index (χ0v) is 10.4. The molecule has 0 heterocycles. The Bertz CT molecular complexity index is 206. The molecule has 2 unspecified atom stereocenters. The molecule has 1 fully saturated rings. The maximum atomic E-state index is 11.9. The van der Waals surface area contributed by atoms with Crippen molar-refractivity contribution < 1.29 is 13.2 Å². The minimum absolute atomic E-state index is 0.381. The monoisotopic (exact) mass is 252 g/mol. The molecule has 2 nitrogen and oxygen atoms in total. The Morgan fingerprint density at radius 1 is 1.06 bits per heavy atom. The van der Waals surface area contributed by atoms with Gasteiger partial charge in [-0.05, 0) is 25.2 Å². The van der Waals surface area contributed by atoms with E-state index in [1.807, 2.05) is 0 Å². The first-order chi connectivity index (χ1) is 7.97. The molecule has 1 aliphatic carbocycles. The summed E-state index contributed by atoms with van der Waals surface area (Å²) in [5.74, 6) is 0.796. The molecule has 1 rings (SSSR count). The second-order valence-electron chi connectivity index (χ2n) is 5.06. The summed E-state index contributed by atoms with van der Waals surface area (Å²) in [6.07, 6.45) is 1.95. The van der Waals surface area contributed by atoms with Gasteiger partial charge in [-0.15, -0.1) is 0 Å². The minimum atomic E-state index is -4.10. The van der Waals surface area contributed by atoms with Gasteiger partial charge in [-0.1, -0.05) is 19.8 Å². The van der Waals surface area contributed by atoms with Crippen LogP contribution in [0.25, 0.3) is 0 Å². The first kappa shape index (κ1) is 14.8.